The Hall–Kier alpha value is -4.50. The van der Waals surface area contributed by atoms with E-state index >= 15 is 0 Å². The van der Waals surface area contributed by atoms with Gasteiger partial charge < -0.3 is 16.8 Å². The predicted octanol–water partition coefficient (Wildman–Crippen LogP) is 3.74. The van der Waals surface area contributed by atoms with E-state index in [0.717, 1.165) is 17.5 Å². The molecule has 5 N–H and O–H groups in total. The number of amides is 2. The van der Waals surface area contributed by atoms with Crippen molar-refractivity contribution in [3.8, 4) is 0 Å². The molecule has 2 heterocycles. The number of nitrogens with zero attached hydrogens (tertiary/aromatic N) is 3. The molecule has 1 aromatic heterocycles. The molecule has 0 atom stereocenters. The first-order valence-electron chi connectivity index (χ1n) is 12.1. The van der Waals surface area contributed by atoms with E-state index in [0.29, 0.717) is 41.2 Å². The third kappa shape index (κ3) is 6.80. The first-order valence-corrected chi connectivity index (χ1v) is 12.1. The van der Waals surface area contributed by atoms with Gasteiger partial charge in [-0.15, -0.1) is 0 Å². The summed E-state index contributed by atoms with van der Waals surface area (Å²) in [4.78, 5) is 40.4. The number of nitrogens with one attached hydrogen (secondary N) is 1. The molecule has 4 rings (SSSR count). The summed E-state index contributed by atoms with van der Waals surface area (Å²) >= 11 is 0. The number of aromatic nitrogens is 1. The molecule has 0 fully saturated rings. The lowest BCUT2D eigenvalue weighted by atomic mass is 10.0. The number of amidine groups is 1. The van der Waals surface area contributed by atoms with Crippen molar-refractivity contribution >= 4 is 35.1 Å². The van der Waals surface area contributed by atoms with Gasteiger partial charge in [-0.05, 0) is 60.0 Å². The van der Waals surface area contributed by atoms with E-state index in [9.17, 15) is 9.59 Å². The van der Waals surface area contributed by atoms with E-state index in [2.05, 4.69) is 15.3 Å². The number of carbonyl (C=O) groups is 2. The standard InChI is InChI=1S/C28H30N6O3/c1-2-13-34(37-18-20-3-7-24(29)8-4-20)28(36)23-14-21-5-6-22(15-25(21)33-26(30)16-23)27(35)32-17-19-9-11-31-12-10-19/h3-12,14-15H,2,13,16-18,29H2,1H3,(H2,30,33)(H,32,35). The van der Waals surface area contributed by atoms with Crippen molar-refractivity contribution in [3.63, 3.8) is 0 Å². The number of fused-ring (bicyclic) bond motifs is 1. The van der Waals surface area contributed by atoms with E-state index in [1.165, 1.54) is 5.06 Å². The number of hydroxylamine groups is 2. The van der Waals surface area contributed by atoms with Crippen molar-refractivity contribution in [2.75, 3.05) is 12.3 Å². The summed E-state index contributed by atoms with van der Waals surface area (Å²) in [6.45, 7) is 3.01. The second kappa shape index (κ2) is 12.0. The number of nitrogens with two attached hydrogens (primary N) is 2. The third-order valence-electron chi connectivity index (χ3n) is 5.76. The summed E-state index contributed by atoms with van der Waals surface area (Å²) in [5, 5.41) is 4.25. The molecule has 9 heteroatoms. The Morgan fingerprint density at radius 1 is 1.03 bits per heavy atom. The average Bonchev–Trinajstić information content (AvgIpc) is 3.08. The van der Waals surface area contributed by atoms with E-state index < -0.39 is 0 Å². The Morgan fingerprint density at radius 2 is 1.78 bits per heavy atom. The molecule has 0 radical (unpaired) electrons. The van der Waals surface area contributed by atoms with Gasteiger partial charge in [0.25, 0.3) is 11.8 Å². The molecule has 3 aromatic rings. The van der Waals surface area contributed by atoms with Crippen LogP contribution in [-0.2, 0) is 22.8 Å². The Bertz CT molecular complexity index is 1320. The minimum atomic E-state index is -0.275. The highest BCUT2D eigenvalue weighted by Gasteiger charge is 2.23. The molecule has 9 nitrogen and oxygen atoms in total. The Balaban J connectivity index is 1.49. The van der Waals surface area contributed by atoms with Gasteiger partial charge in [-0.2, -0.15) is 0 Å². The molecule has 0 spiro atoms. The van der Waals surface area contributed by atoms with Gasteiger partial charge in [0.2, 0.25) is 0 Å². The molecular formula is C28H30N6O3. The fourth-order valence-corrected chi connectivity index (χ4v) is 3.81. The molecule has 0 saturated heterocycles. The minimum Gasteiger partial charge on any atom is -0.399 e. The fraction of sp³-hybridized carbons (Fsp3) is 0.214. The second-order valence-electron chi connectivity index (χ2n) is 8.68. The number of carbonyl (C=O) groups excluding carboxylic acids is 2. The average molecular weight is 499 g/mol. The third-order valence-corrected chi connectivity index (χ3v) is 5.76. The number of benzene rings is 2. The van der Waals surface area contributed by atoms with Crippen LogP contribution in [0.5, 0.6) is 0 Å². The number of pyridine rings is 1. The van der Waals surface area contributed by atoms with Crippen molar-refractivity contribution in [2.45, 2.75) is 32.9 Å². The zero-order valence-electron chi connectivity index (χ0n) is 20.7. The van der Waals surface area contributed by atoms with Gasteiger partial charge in [0.05, 0.1) is 5.69 Å². The molecular weight excluding hydrogens is 468 g/mol. The van der Waals surface area contributed by atoms with Crippen LogP contribution < -0.4 is 16.8 Å². The highest BCUT2D eigenvalue weighted by Crippen LogP contribution is 2.28. The Kier molecular flexibility index (Phi) is 8.27. The van der Waals surface area contributed by atoms with Crippen LogP contribution in [0.1, 0.15) is 46.8 Å². The van der Waals surface area contributed by atoms with Crippen LogP contribution in [0.15, 0.2) is 77.6 Å². The zero-order chi connectivity index (χ0) is 26.2. The molecule has 0 unspecified atom stereocenters. The van der Waals surface area contributed by atoms with E-state index in [4.69, 9.17) is 16.3 Å². The van der Waals surface area contributed by atoms with Crippen LogP contribution in [0.25, 0.3) is 6.08 Å². The van der Waals surface area contributed by atoms with Gasteiger partial charge in [0, 0.05) is 54.3 Å². The maximum Gasteiger partial charge on any atom is 0.273 e. The van der Waals surface area contributed by atoms with Crippen LogP contribution in [0.3, 0.4) is 0 Å². The van der Waals surface area contributed by atoms with Gasteiger partial charge in [0.15, 0.2) is 0 Å². The molecule has 0 saturated carbocycles. The number of hydrogen-bond acceptors (Lipinski definition) is 7. The lowest BCUT2D eigenvalue weighted by molar-refractivity contribution is -0.187. The van der Waals surface area contributed by atoms with Crippen molar-refractivity contribution < 1.29 is 14.4 Å². The smallest absolute Gasteiger partial charge is 0.273 e. The molecule has 37 heavy (non-hydrogen) atoms. The number of aliphatic imine (C=N–C) groups is 1. The lowest BCUT2D eigenvalue weighted by Crippen LogP contribution is -2.34. The second-order valence-corrected chi connectivity index (χ2v) is 8.68. The predicted molar refractivity (Wildman–Crippen MR) is 143 cm³/mol. The highest BCUT2D eigenvalue weighted by molar-refractivity contribution is 6.05. The fourth-order valence-electron chi connectivity index (χ4n) is 3.81. The van der Waals surface area contributed by atoms with Crippen LogP contribution in [0.4, 0.5) is 11.4 Å². The summed E-state index contributed by atoms with van der Waals surface area (Å²) in [5.41, 5.74) is 16.6. The SMILES string of the molecule is CCCN(OCc1ccc(N)cc1)C(=O)C1=Cc2ccc(C(=O)NCc3ccncc3)cc2N=C(N)C1. The van der Waals surface area contributed by atoms with Crippen molar-refractivity contribution in [1.29, 1.82) is 0 Å². The molecule has 0 aliphatic carbocycles. The lowest BCUT2D eigenvalue weighted by Gasteiger charge is -2.22. The van der Waals surface area contributed by atoms with Crippen LogP contribution in [-0.4, -0.2) is 34.2 Å². The van der Waals surface area contributed by atoms with Crippen molar-refractivity contribution in [2.24, 2.45) is 10.7 Å². The van der Waals surface area contributed by atoms with Crippen molar-refractivity contribution in [3.05, 3.63) is 94.8 Å². The largest absolute Gasteiger partial charge is 0.399 e. The molecule has 0 bridgehead atoms. The maximum atomic E-state index is 13.4. The Morgan fingerprint density at radius 3 is 2.51 bits per heavy atom. The molecule has 190 valence electrons. The monoisotopic (exact) mass is 498 g/mol. The number of anilines is 1. The maximum absolute atomic E-state index is 13.4. The quantitative estimate of drug-likeness (QED) is 0.304. The summed E-state index contributed by atoms with van der Waals surface area (Å²) in [5.74, 6) is -0.228. The zero-order valence-corrected chi connectivity index (χ0v) is 20.7. The number of rotatable bonds is 9. The minimum absolute atomic E-state index is 0.169. The van der Waals surface area contributed by atoms with E-state index in [1.807, 2.05) is 31.2 Å². The van der Waals surface area contributed by atoms with E-state index in [-0.39, 0.29) is 30.7 Å². The molecule has 1 aliphatic heterocycles. The summed E-state index contributed by atoms with van der Waals surface area (Å²) < 4.78 is 0. The topological polar surface area (TPSA) is 136 Å². The first kappa shape index (κ1) is 25.6. The molecule has 2 amide bonds. The molecule has 1 aliphatic rings. The van der Waals surface area contributed by atoms with Gasteiger partial charge in [-0.25, -0.2) is 10.1 Å². The van der Waals surface area contributed by atoms with Gasteiger partial charge in [-0.3, -0.25) is 19.4 Å². The molecule has 2 aromatic carbocycles. The number of hydrogen-bond donors (Lipinski definition) is 3. The van der Waals surface area contributed by atoms with Crippen LogP contribution in [0, 0.1) is 0 Å². The van der Waals surface area contributed by atoms with E-state index in [1.54, 1.807) is 48.8 Å². The van der Waals surface area contributed by atoms with Gasteiger partial charge in [-0.1, -0.05) is 25.1 Å². The van der Waals surface area contributed by atoms with Gasteiger partial charge in [0.1, 0.15) is 12.4 Å². The summed E-state index contributed by atoms with van der Waals surface area (Å²) in [6.07, 6.45) is 6.00. The summed E-state index contributed by atoms with van der Waals surface area (Å²) in [6, 6.07) is 16.1. The Labute approximate surface area is 215 Å². The van der Waals surface area contributed by atoms with Crippen LogP contribution >= 0.6 is 0 Å². The van der Waals surface area contributed by atoms with Crippen molar-refractivity contribution in [1.82, 2.24) is 15.4 Å². The van der Waals surface area contributed by atoms with Gasteiger partial charge >= 0.3 is 0 Å². The normalized spacial score (nSPS) is 12.6. The summed E-state index contributed by atoms with van der Waals surface area (Å²) in [7, 11) is 0. The van der Waals surface area contributed by atoms with Crippen LogP contribution in [0.2, 0.25) is 0 Å². The number of nitrogen functional groups attached to an aromatic ring is 1. The highest BCUT2D eigenvalue weighted by atomic mass is 16.7. The first-order chi connectivity index (χ1) is 17.9.